The van der Waals surface area contributed by atoms with Gasteiger partial charge in [0, 0.05) is 31.5 Å². The minimum absolute atomic E-state index is 0.0593. The molecule has 2 N–H and O–H groups in total. The Morgan fingerprint density at radius 1 is 1.27 bits per heavy atom. The molecule has 0 aliphatic carbocycles. The van der Waals surface area contributed by atoms with Gasteiger partial charge in [0.2, 0.25) is 0 Å². The van der Waals surface area contributed by atoms with E-state index in [0.717, 1.165) is 30.1 Å². The van der Waals surface area contributed by atoms with Gasteiger partial charge in [0.1, 0.15) is 5.75 Å². The average molecular weight is 299 g/mol. The number of nitrogens with one attached hydrogen (secondary N) is 2. The molecular weight excluding hydrogens is 278 g/mol. The molecule has 0 spiro atoms. The van der Waals surface area contributed by atoms with Crippen LogP contribution in [0, 0.1) is 6.92 Å². The van der Waals surface area contributed by atoms with E-state index >= 15 is 0 Å². The summed E-state index contributed by atoms with van der Waals surface area (Å²) in [7, 11) is 1.66. The molecule has 116 valence electrons. The number of hydrogen-bond donors (Lipinski definition) is 2. The summed E-state index contributed by atoms with van der Waals surface area (Å²) in [4.78, 5) is 12.3. The molecule has 22 heavy (non-hydrogen) atoms. The Labute approximate surface area is 129 Å². The summed E-state index contributed by atoms with van der Waals surface area (Å²) >= 11 is 0. The molecule has 2 heterocycles. The van der Waals surface area contributed by atoms with Crippen LogP contribution in [0.2, 0.25) is 0 Å². The second-order valence-electron chi connectivity index (χ2n) is 5.72. The van der Waals surface area contributed by atoms with E-state index in [1.54, 1.807) is 11.7 Å². The van der Waals surface area contributed by atoms with Gasteiger partial charge < -0.3 is 14.6 Å². The third-order valence-corrected chi connectivity index (χ3v) is 4.27. The monoisotopic (exact) mass is 299 g/mol. The van der Waals surface area contributed by atoms with E-state index in [0.29, 0.717) is 6.54 Å². The SMILES string of the molecule is COc1ccc(C2(Cn3cccc(C)c3=O)CNCN2)cc1. The number of hydrogen-bond acceptors (Lipinski definition) is 4. The van der Waals surface area contributed by atoms with Crippen molar-refractivity contribution in [2.24, 2.45) is 0 Å². The van der Waals surface area contributed by atoms with Crippen LogP contribution in [0.15, 0.2) is 47.4 Å². The number of rotatable bonds is 4. The lowest BCUT2D eigenvalue weighted by Gasteiger charge is -2.30. The standard InChI is InChI=1S/C17H21N3O2/c1-13-4-3-9-20(16(13)21)11-17(10-18-12-19-17)14-5-7-15(22-2)8-6-14/h3-9,18-19H,10-12H2,1-2H3. The van der Waals surface area contributed by atoms with Gasteiger partial charge in [0.25, 0.3) is 5.56 Å². The predicted molar refractivity (Wildman–Crippen MR) is 86.1 cm³/mol. The van der Waals surface area contributed by atoms with E-state index in [2.05, 4.69) is 22.8 Å². The highest BCUT2D eigenvalue weighted by atomic mass is 16.5. The van der Waals surface area contributed by atoms with Crippen molar-refractivity contribution in [1.82, 2.24) is 15.2 Å². The van der Waals surface area contributed by atoms with Crippen LogP contribution in [0.5, 0.6) is 5.75 Å². The van der Waals surface area contributed by atoms with Crippen molar-refractivity contribution in [2.75, 3.05) is 20.3 Å². The number of methoxy groups -OCH3 is 1. The fourth-order valence-electron chi connectivity index (χ4n) is 2.96. The average Bonchev–Trinajstić information content (AvgIpc) is 3.02. The summed E-state index contributed by atoms with van der Waals surface area (Å²) < 4.78 is 7.00. The van der Waals surface area contributed by atoms with Crippen molar-refractivity contribution < 1.29 is 4.74 Å². The van der Waals surface area contributed by atoms with E-state index in [-0.39, 0.29) is 11.1 Å². The second-order valence-corrected chi connectivity index (χ2v) is 5.72. The zero-order chi connectivity index (χ0) is 15.6. The molecule has 1 aromatic carbocycles. The van der Waals surface area contributed by atoms with Crippen LogP contribution < -0.4 is 20.9 Å². The van der Waals surface area contributed by atoms with Crippen LogP contribution >= 0.6 is 0 Å². The first-order chi connectivity index (χ1) is 10.6. The van der Waals surface area contributed by atoms with Crippen molar-refractivity contribution in [3.8, 4) is 5.75 Å². The minimum atomic E-state index is -0.288. The molecule has 1 aliphatic rings. The molecule has 0 bridgehead atoms. The van der Waals surface area contributed by atoms with E-state index in [1.165, 1.54) is 0 Å². The zero-order valence-corrected chi connectivity index (χ0v) is 12.9. The topological polar surface area (TPSA) is 55.3 Å². The van der Waals surface area contributed by atoms with Gasteiger partial charge in [0.15, 0.2) is 0 Å². The van der Waals surface area contributed by atoms with Crippen molar-refractivity contribution in [1.29, 1.82) is 0 Å². The van der Waals surface area contributed by atoms with E-state index in [1.807, 2.05) is 37.4 Å². The lowest BCUT2D eigenvalue weighted by atomic mass is 9.90. The number of ether oxygens (including phenoxy) is 1. The van der Waals surface area contributed by atoms with Gasteiger partial charge in [-0.1, -0.05) is 18.2 Å². The molecule has 1 unspecified atom stereocenters. The normalized spacial score (nSPS) is 21.0. The Hall–Kier alpha value is -2.11. The van der Waals surface area contributed by atoms with Crippen molar-refractivity contribution >= 4 is 0 Å². The van der Waals surface area contributed by atoms with E-state index in [4.69, 9.17) is 4.74 Å². The molecular formula is C17H21N3O2. The molecule has 1 aromatic heterocycles. The molecule has 5 nitrogen and oxygen atoms in total. The molecule has 1 saturated heterocycles. The Bertz CT molecular complexity index is 701. The van der Waals surface area contributed by atoms with Gasteiger partial charge in [-0.05, 0) is 30.7 Å². The quantitative estimate of drug-likeness (QED) is 0.891. The first-order valence-corrected chi connectivity index (χ1v) is 7.41. The second kappa shape index (κ2) is 5.94. The fraction of sp³-hybridized carbons (Fsp3) is 0.353. The predicted octanol–water partition coefficient (Wildman–Crippen LogP) is 1.21. The molecule has 3 rings (SSSR count). The van der Waals surface area contributed by atoms with Crippen LogP contribution in [0.1, 0.15) is 11.1 Å². The number of nitrogens with zero attached hydrogens (tertiary/aromatic N) is 1. The fourth-order valence-corrected chi connectivity index (χ4v) is 2.96. The molecule has 0 radical (unpaired) electrons. The van der Waals surface area contributed by atoms with E-state index < -0.39 is 0 Å². The molecule has 2 aromatic rings. The Morgan fingerprint density at radius 3 is 2.68 bits per heavy atom. The third-order valence-electron chi connectivity index (χ3n) is 4.27. The molecule has 1 aliphatic heterocycles. The molecule has 0 saturated carbocycles. The highest BCUT2D eigenvalue weighted by Crippen LogP contribution is 2.26. The van der Waals surface area contributed by atoms with Crippen molar-refractivity contribution in [3.05, 3.63) is 64.1 Å². The van der Waals surface area contributed by atoms with Gasteiger partial charge in [-0.15, -0.1) is 0 Å². The van der Waals surface area contributed by atoms with E-state index in [9.17, 15) is 4.79 Å². The van der Waals surface area contributed by atoms with Gasteiger partial charge in [-0.25, -0.2) is 0 Å². The number of aromatic nitrogens is 1. The van der Waals surface area contributed by atoms with Crippen molar-refractivity contribution in [3.63, 3.8) is 0 Å². The molecule has 0 amide bonds. The first kappa shape index (κ1) is 14.8. The smallest absolute Gasteiger partial charge is 0.253 e. The summed E-state index contributed by atoms with van der Waals surface area (Å²) in [6, 6.07) is 11.8. The van der Waals surface area contributed by atoms with Crippen LogP contribution in [0.4, 0.5) is 0 Å². The highest BCUT2D eigenvalue weighted by Gasteiger charge is 2.36. The maximum Gasteiger partial charge on any atom is 0.253 e. The highest BCUT2D eigenvalue weighted by molar-refractivity contribution is 5.33. The summed E-state index contributed by atoms with van der Waals surface area (Å²) in [5, 5.41) is 6.84. The lowest BCUT2D eigenvalue weighted by molar-refractivity contribution is 0.345. The lowest BCUT2D eigenvalue weighted by Crippen LogP contribution is -2.45. The number of pyridine rings is 1. The van der Waals surface area contributed by atoms with Crippen molar-refractivity contribution in [2.45, 2.75) is 19.0 Å². The Kier molecular flexibility index (Phi) is 4.00. The van der Waals surface area contributed by atoms with Gasteiger partial charge in [-0.3, -0.25) is 10.1 Å². The van der Waals surface area contributed by atoms with Gasteiger partial charge in [-0.2, -0.15) is 0 Å². The largest absolute Gasteiger partial charge is 0.497 e. The molecule has 5 heteroatoms. The number of aryl methyl sites for hydroxylation is 1. The maximum absolute atomic E-state index is 12.3. The van der Waals surface area contributed by atoms with Crippen LogP contribution in [0.3, 0.4) is 0 Å². The maximum atomic E-state index is 12.3. The van der Waals surface area contributed by atoms with Crippen LogP contribution in [0.25, 0.3) is 0 Å². The van der Waals surface area contributed by atoms with Crippen LogP contribution in [-0.4, -0.2) is 24.9 Å². The zero-order valence-electron chi connectivity index (χ0n) is 12.9. The van der Waals surface area contributed by atoms with Gasteiger partial charge >= 0.3 is 0 Å². The summed E-state index contributed by atoms with van der Waals surface area (Å²) in [5.41, 5.74) is 1.68. The molecule has 1 atom stereocenters. The third kappa shape index (κ3) is 2.65. The molecule has 1 fully saturated rings. The first-order valence-electron chi connectivity index (χ1n) is 7.41. The summed E-state index contributed by atoms with van der Waals surface area (Å²) in [6.07, 6.45) is 1.85. The number of benzene rings is 1. The summed E-state index contributed by atoms with van der Waals surface area (Å²) in [6.45, 7) is 3.94. The Morgan fingerprint density at radius 2 is 2.05 bits per heavy atom. The van der Waals surface area contributed by atoms with Gasteiger partial charge in [0.05, 0.1) is 12.6 Å². The Balaban J connectivity index is 1.97. The minimum Gasteiger partial charge on any atom is -0.497 e. The van der Waals surface area contributed by atoms with Crippen LogP contribution in [-0.2, 0) is 12.1 Å². The summed E-state index contributed by atoms with van der Waals surface area (Å²) in [5.74, 6) is 0.831.